The van der Waals surface area contributed by atoms with Crippen LogP contribution in [0.4, 0.5) is 0 Å². The maximum atomic E-state index is 13.6. The van der Waals surface area contributed by atoms with E-state index in [0.717, 1.165) is 27.7 Å². The molecule has 2 aromatic carbocycles. The Morgan fingerprint density at radius 1 is 1.12 bits per heavy atom. The molecule has 3 aromatic rings. The van der Waals surface area contributed by atoms with Crippen LogP contribution in [0, 0.1) is 0 Å². The van der Waals surface area contributed by atoms with Gasteiger partial charge in [0.25, 0.3) is 0 Å². The summed E-state index contributed by atoms with van der Waals surface area (Å²) in [5.41, 5.74) is 3.36. The average molecular weight is 479 g/mol. The summed E-state index contributed by atoms with van der Waals surface area (Å²) in [6, 6.07) is 14.2. The third kappa shape index (κ3) is 3.94. The Kier molecular flexibility index (Phi) is 5.40. The molecular weight excluding hydrogens is 452 g/mol. The minimum Gasteiger partial charge on any atom is -0.356 e. The lowest BCUT2D eigenvalue weighted by atomic mass is 9.86. The molecule has 8 heteroatoms. The second-order valence-corrected chi connectivity index (χ2v) is 10.5. The molecule has 0 bridgehead atoms. The Bertz CT molecular complexity index is 1290. The van der Waals surface area contributed by atoms with Crippen molar-refractivity contribution in [3.63, 3.8) is 0 Å². The van der Waals surface area contributed by atoms with Crippen LogP contribution in [0.1, 0.15) is 43.6 Å². The summed E-state index contributed by atoms with van der Waals surface area (Å²) in [7, 11) is 0. The Balaban J connectivity index is 1.56. The zero-order valence-corrected chi connectivity index (χ0v) is 20.1. The van der Waals surface area contributed by atoms with Gasteiger partial charge in [0.05, 0.1) is 6.04 Å². The third-order valence-electron chi connectivity index (χ3n) is 6.38. The summed E-state index contributed by atoms with van der Waals surface area (Å²) in [5, 5.41) is 4.52. The third-order valence-corrected chi connectivity index (χ3v) is 6.63. The van der Waals surface area contributed by atoms with E-state index in [2.05, 4.69) is 10.3 Å². The Labute approximate surface area is 203 Å². The van der Waals surface area contributed by atoms with E-state index in [0.29, 0.717) is 11.4 Å². The number of piperazine rings is 1. The Morgan fingerprint density at radius 2 is 1.82 bits per heavy atom. The number of rotatable bonds is 3. The molecule has 2 aliphatic heterocycles. The summed E-state index contributed by atoms with van der Waals surface area (Å²) < 4.78 is 0. The van der Waals surface area contributed by atoms with Gasteiger partial charge in [0.15, 0.2) is 0 Å². The van der Waals surface area contributed by atoms with Crippen LogP contribution in [-0.4, -0.2) is 57.2 Å². The molecule has 2 aliphatic rings. The predicted octanol–water partition coefficient (Wildman–Crippen LogP) is 3.42. The van der Waals surface area contributed by atoms with Crippen LogP contribution in [-0.2, 0) is 20.8 Å². The molecule has 0 aliphatic carbocycles. The molecular formula is C26H27ClN4O3. The topological polar surface area (TPSA) is 85.5 Å². The fraction of sp³-hybridized carbons (Fsp3) is 0.346. The summed E-state index contributed by atoms with van der Waals surface area (Å²) in [6.07, 6.45) is 0.394. The molecule has 2 atom stereocenters. The average Bonchev–Trinajstić information content (AvgIpc) is 3.14. The number of nitrogens with one attached hydrogen (secondary N) is 2. The smallest absolute Gasteiger partial charge is 0.246 e. The number of H-pyrrole nitrogens is 1. The van der Waals surface area contributed by atoms with Gasteiger partial charge in [0.2, 0.25) is 17.7 Å². The number of carbonyl (C=O) groups excluding carboxylic acids is 3. The standard InChI is InChI=1S/C26H27ClN4O3/c1-26(2,3)29-21(32)13-30-14-22(33)31-20(25(30)34)12-18-17-6-4-5-7-19(17)28-23(18)24(31)15-8-10-16(27)11-9-15/h4-11,20,24,28H,12-14H2,1-3H3,(H,29,32)/t20-,24+/m0/s1. The van der Waals surface area contributed by atoms with E-state index in [-0.39, 0.29) is 30.8 Å². The van der Waals surface area contributed by atoms with Crippen LogP contribution in [0.25, 0.3) is 10.9 Å². The highest BCUT2D eigenvalue weighted by Crippen LogP contribution is 2.42. The SMILES string of the molecule is CC(C)(C)NC(=O)CN1CC(=O)N2[C@H](c3ccc(Cl)cc3)c3[nH]c4ccccc4c3C[C@H]2C1=O. The van der Waals surface area contributed by atoms with Gasteiger partial charge in [0.1, 0.15) is 19.1 Å². The number of hydrogen-bond acceptors (Lipinski definition) is 3. The normalized spacial score (nSPS) is 20.4. The van der Waals surface area contributed by atoms with Crippen molar-refractivity contribution < 1.29 is 14.4 Å². The van der Waals surface area contributed by atoms with E-state index >= 15 is 0 Å². The van der Waals surface area contributed by atoms with Crippen molar-refractivity contribution in [2.75, 3.05) is 13.1 Å². The number of carbonyl (C=O) groups is 3. The van der Waals surface area contributed by atoms with Crippen LogP contribution in [0.15, 0.2) is 48.5 Å². The second kappa shape index (κ2) is 8.17. The Morgan fingerprint density at radius 3 is 2.53 bits per heavy atom. The molecule has 5 rings (SSSR count). The molecule has 0 unspecified atom stereocenters. The number of fused-ring (bicyclic) bond motifs is 4. The van der Waals surface area contributed by atoms with Gasteiger partial charge < -0.3 is 20.1 Å². The van der Waals surface area contributed by atoms with E-state index in [9.17, 15) is 14.4 Å². The quantitative estimate of drug-likeness (QED) is 0.604. The van der Waals surface area contributed by atoms with Crippen molar-refractivity contribution in [2.24, 2.45) is 0 Å². The molecule has 1 saturated heterocycles. The first-order valence-electron chi connectivity index (χ1n) is 11.4. The lowest BCUT2D eigenvalue weighted by Gasteiger charge is -2.47. The number of aromatic amines is 1. The molecule has 3 heterocycles. The number of para-hydroxylation sites is 1. The molecule has 0 saturated carbocycles. The first-order valence-corrected chi connectivity index (χ1v) is 11.8. The van der Waals surface area contributed by atoms with Gasteiger partial charge in [-0.3, -0.25) is 14.4 Å². The van der Waals surface area contributed by atoms with Gasteiger partial charge in [-0.05, 0) is 50.1 Å². The number of nitrogens with zero attached hydrogens (tertiary/aromatic N) is 2. The molecule has 0 radical (unpaired) electrons. The molecule has 34 heavy (non-hydrogen) atoms. The number of halogens is 1. The summed E-state index contributed by atoms with van der Waals surface area (Å²) in [6.45, 7) is 5.37. The van der Waals surface area contributed by atoms with E-state index in [1.54, 1.807) is 17.0 Å². The van der Waals surface area contributed by atoms with Crippen molar-refractivity contribution in [2.45, 2.75) is 44.8 Å². The van der Waals surface area contributed by atoms with Gasteiger partial charge >= 0.3 is 0 Å². The monoisotopic (exact) mass is 478 g/mol. The van der Waals surface area contributed by atoms with Gasteiger partial charge in [-0.2, -0.15) is 0 Å². The second-order valence-electron chi connectivity index (χ2n) is 10.0. The number of amides is 3. The fourth-order valence-corrected chi connectivity index (χ4v) is 5.21. The highest BCUT2D eigenvalue weighted by atomic mass is 35.5. The highest BCUT2D eigenvalue weighted by Gasteiger charge is 2.48. The van der Waals surface area contributed by atoms with Crippen LogP contribution in [0.5, 0.6) is 0 Å². The van der Waals surface area contributed by atoms with Crippen LogP contribution >= 0.6 is 11.6 Å². The van der Waals surface area contributed by atoms with E-state index < -0.39 is 17.6 Å². The molecule has 0 spiro atoms. The van der Waals surface area contributed by atoms with Crippen molar-refractivity contribution in [1.82, 2.24) is 20.1 Å². The van der Waals surface area contributed by atoms with Crippen LogP contribution in [0.2, 0.25) is 5.02 Å². The number of hydrogen-bond donors (Lipinski definition) is 2. The first-order chi connectivity index (χ1) is 16.1. The summed E-state index contributed by atoms with van der Waals surface area (Å²) in [5.74, 6) is -0.670. The van der Waals surface area contributed by atoms with Crippen LogP contribution in [0.3, 0.4) is 0 Å². The lowest BCUT2D eigenvalue weighted by molar-refractivity contribution is -0.159. The van der Waals surface area contributed by atoms with Crippen molar-refractivity contribution >= 4 is 40.2 Å². The van der Waals surface area contributed by atoms with Gasteiger partial charge in [-0.25, -0.2) is 0 Å². The van der Waals surface area contributed by atoms with Crippen molar-refractivity contribution in [3.05, 3.63) is 70.4 Å². The lowest BCUT2D eigenvalue weighted by Crippen LogP contribution is -2.64. The number of benzene rings is 2. The minimum atomic E-state index is -0.684. The fourth-order valence-electron chi connectivity index (χ4n) is 5.08. The van der Waals surface area contributed by atoms with Gasteiger partial charge in [-0.1, -0.05) is 41.9 Å². The van der Waals surface area contributed by atoms with Crippen molar-refractivity contribution in [1.29, 1.82) is 0 Å². The maximum Gasteiger partial charge on any atom is 0.246 e. The van der Waals surface area contributed by atoms with Gasteiger partial charge in [-0.15, -0.1) is 0 Å². The summed E-state index contributed by atoms with van der Waals surface area (Å²) >= 11 is 6.13. The van der Waals surface area contributed by atoms with E-state index in [1.807, 2.05) is 57.2 Å². The molecule has 7 nitrogen and oxygen atoms in total. The summed E-state index contributed by atoms with van der Waals surface area (Å²) in [4.78, 5) is 46.2. The molecule has 3 amide bonds. The van der Waals surface area contributed by atoms with E-state index in [4.69, 9.17) is 11.6 Å². The maximum absolute atomic E-state index is 13.6. The molecule has 2 N–H and O–H groups in total. The van der Waals surface area contributed by atoms with E-state index in [1.165, 1.54) is 4.90 Å². The predicted molar refractivity (Wildman–Crippen MR) is 130 cm³/mol. The molecule has 1 fully saturated rings. The number of aromatic nitrogens is 1. The highest BCUT2D eigenvalue weighted by molar-refractivity contribution is 6.30. The van der Waals surface area contributed by atoms with Crippen LogP contribution < -0.4 is 5.32 Å². The van der Waals surface area contributed by atoms with Gasteiger partial charge in [0, 0.05) is 33.6 Å². The minimum absolute atomic E-state index is 0.132. The molecule has 176 valence electrons. The first kappa shape index (κ1) is 22.5. The molecule has 1 aromatic heterocycles. The zero-order valence-electron chi connectivity index (χ0n) is 19.4. The Hall–Kier alpha value is -3.32. The largest absolute Gasteiger partial charge is 0.356 e. The van der Waals surface area contributed by atoms with Crippen molar-refractivity contribution in [3.8, 4) is 0 Å². The zero-order chi connectivity index (χ0) is 24.2.